The Hall–Kier alpha value is -2.09. The molecule has 0 bridgehead atoms. The van der Waals surface area contributed by atoms with E-state index in [1.165, 1.54) is 16.0 Å². The van der Waals surface area contributed by atoms with Crippen molar-refractivity contribution >= 4 is 28.2 Å². The van der Waals surface area contributed by atoms with Gasteiger partial charge in [-0.1, -0.05) is 0 Å². The van der Waals surface area contributed by atoms with Crippen molar-refractivity contribution in [3.63, 3.8) is 0 Å². The number of carbonyl (C=O) groups is 1. The van der Waals surface area contributed by atoms with Gasteiger partial charge in [0.2, 0.25) is 5.91 Å². The number of nitrogen functional groups attached to an aromatic ring is 2. The first-order valence-corrected chi connectivity index (χ1v) is 7.19. The van der Waals surface area contributed by atoms with Crippen molar-refractivity contribution < 1.29 is 4.79 Å². The number of aryl methyl sites for hydroxylation is 2. The Kier molecular flexibility index (Phi) is 4.57. The van der Waals surface area contributed by atoms with Gasteiger partial charge in [0.15, 0.2) is 5.13 Å². The number of rotatable bonds is 6. The first kappa shape index (κ1) is 14.3. The van der Waals surface area contributed by atoms with E-state index in [1.807, 2.05) is 12.3 Å². The molecular weight excluding hydrogens is 276 g/mol. The SMILES string of the molecule is Cc1cc(N)n(CC(=O)NCCCc2csc(N)n2)n1. The van der Waals surface area contributed by atoms with E-state index >= 15 is 0 Å². The summed E-state index contributed by atoms with van der Waals surface area (Å²) in [6.07, 6.45) is 1.62. The van der Waals surface area contributed by atoms with Crippen molar-refractivity contribution in [3.8, 4) is 0 Å². The van der Waals surface area contributed by atoms with Crippen LogP contribution in [0.4, 0.5) is 10.9 Å². The zero-order chi connectivity index (χ0) is 14.5. The Bertz CT molecular complexity index is 591. The van der Waals surface area contributed by atoms with Crippen LogP contribution in [-0.4, -0.2) is 27.2 Å². The van der Waals surface area contributed by atoms with Crippen molar-refractivity contribution in [1.82, 2.24) is 20.1 Å². The molecule has 108 valence electrons. The van der Waals surface area contributed by atoms with Gasteiger partial charge in [-0.05, 0) is 19.8 Å². The Labute approximate surface area is 121 Å². The second-order valence-corrected chi connectivity index (χ2v) is 5.39. The average molecular weight is 294 g/mol. The maximum atomic E-state index is 11.7. The highest BCUT2D eigenvalue weighted by Crippen LogP contribution is 2.12. The highest BCUT2D eigenvalue weighted by Gasteiger charge is 2.07. The zero-order valence-corrected chi connectivity index (χ0v) is 12.1. The Morgan fingerprint density at radius 1 is 1.50 bits per heavy atom. The fraction of sp³-hybridized carbons (Fsp3) is 0.417. The summed E-state index contributed by atoms with van der Waals surface area (Å²) in [5.74, 6) is 0.396. The van der Waals surface area contributed by atoms with E-state index < -0.39 is 0 Å². The summed E-state index contributed by atoms with van der Waals surface area (Å²) in [7, 11) is 0. The predicted molar refractivity (Wildman–Crippen MR) is 79.2 cm³/mol. The molecule has 2 aromatic rings. The van der Waals surface area contributed by atoms with Gasteiger partial charge in [-0.25, -0.2) is 9.67 Å². The monoisotopic (exact) mass is 294 g/mol. The van der Waals surface area contributed by atoms with E-state index in [4.69, 9.17) is 11.5 Å². The van der Waals surface area contributed by atoms with Crippen molar-refractivity contribution in [1.29, 1.82) is 0 Å². The minimum atomic E-state index is -0.0995. The fourth-order valence-corrected chi connectivity index (χ4v) is 2.42. The van der Waals surface area contributed by atoms with Crippen molar-refractivity contribution in [2.24, 2.45) is 0 Å². The maximum absolute atomic E-state index is 11.7. The molecule has 2 rings (SSSR count). The summed E-state index contributed by atoms with van der Waals surface area (Å²) in [6, 6.07) is 1.74. The molecule has 0 aliphatic heterocycles. The lowest BCUT2D eigenvalue weighted by Gasteiger charge is -2.06. The number of amides is 1. The van der Waals surface area contributed by atoms with Crippen molar-refractivity contribution in [3.05, 3.63) is 22.8 Å². The van der Waals surface area contributed by atoms with Crippen LogP contribution in [0.3, 0.4) is 0 Å². The van der Waals surface area contributed by atoms with E-state index in [9.17, 15) is 4.79 Å². The molecule has 0 saturated carbocycles. The van der Waals surface area contributed by atoms with Crippen LogP contribution in [0, 0.1) is 6.92 Å². The Morgan fingerprint density at radius 3 is 2.90 bits per heavy atom. The third-order valence-electron chi connectivity index (χ3n) is 2.73. The highest BCUT2D eigenvalue weighted by molar-refractivity contribution is 7.13. The van der Waals surface area contributed by atoms with Crippen LogP contribution in [0.1, 0.15) is 17.8 Å². The number of thiazole rings is 1. The molecule has 7 nitrogen and oxygen atoms in total. The van der Waals surface area contributed by atoms with Gasteiger partial charge in [0.1, 0.15) is 12.4 Å². The maximum Gasteiger partial charge on any atom is 0.241 e. The van der Waals surface area contributed by atoms with Gasteiger partial charge in [0, 0.05) is 18.0 Å². The van der Waals surface area contributed by atoms with Crippen molar-refractivity contribution in [2.45, 2.75) is 26.3 Å². The molecule has 0 fully saturated rings. The molecule has 20 heavy (non-hydrogen) atoms. The van der Waals surface area contributed by atoms with E-state index in [2.05, 4.69) is 15.4 Å². The summed E-state index contributed by atoms with van der Waals surface area (Å²) in [4.78, 5) is 15.9. The summed E-state index contributed by atoms with van der Waals surface area (Å²) in [6.45, 7) is 2.57. The van der Waals surface area contributed by atoms with Gasteiger partial charge in [-0.15, -0.1) is 11.3 Å². The van der Waals surface area contributed by atoms with Crippen LogP contribution in [-0.2, 0) is 17.8 Å². The van der Waals surface area contributed by atoms with E-state index in [0.29, 0.717) is 17.5 Å². The molecule has 0 saturated heterocycles. The first-order chi connectivity index (χ1) is 9.54. The molecule has 2 aromatic heterocycles. The molecule has 0 spiro atoms. The number of nitrogens with one attached hydrogen (secondary N) is 1. The lowest BCUT2D eigenvalue weighted by atomic mass is 10.2. The predicted octanol–water partition coefficient (Wildman–Crippen LogP) is 0.561. The highest BCUT2D eigenvalue weighted by atomic mass is 32.1. The van der Waals surface area contributed by atoms with Crippen LogP contribution in [0.5, 0.6) is 0 Å². The number of anilines is 2. The number of hydrogen-bond acceptors (Lipinski definition) is 6. The van der Waals surface area contributed by atoms with Crippen LogP contribution in [0.25, 0.3) is 0 Å². The normalized spacial score (nSPS) is 10.7. The topological polar surface area (TPSA) is 112 Å². The minimum Gasteiger partial charge on any atom is -0.384 e. The average Bonchev–Trinajstić information content (AvgIpc) is 2.92. The van der Waals surface area contributed by atoms with Crippen LogP contribution in [0.15, 0.2) is 11.4 Å². The number of carbonyl (C=O) groups excluding carboxylic acids is 1. The second-order valence-electron chi connectivity index (χ2n) is 4.50. The molecule has 2 heterocycles. The molecule has 0 unspecified atom stereocenters. The van der Waals surface area contributed by atoms with Crippen LogP contribution in [0.2, 0.25) is 0 Å². The fourth-order valence-electron chi connectivity index (χ4n) is 1.82. The molecule has 0 aromatic carbocycles. The minimum absolute atomic E-state index is 0.0995. The number of aromatic nitrogens is 3. The number of hydrogen-bond donors (Lipinski definition) is 3. The molecule has 0 aliphatic rings. The quantitative estimate of drug-likeness (QED) is 0.674. The molecule has 0 aliphatic carbocycles. The van der Waals surface area contributed by atoms with Crippen molar-refractivity contribution in [2.75, 3.05) is 18.0 Å². The molecule has 8 heteroatoms. The first-order valence-electron chi connectivity index (χ1n) is 6.31. The van der Waals surface area contributed by atoms with Gasteiger partial charge in [0.05, 0.1) is 11.4 Å². The summed E-state index contributed by atoms with van der Waals surface area (Å²) < 4.78 is 1.49. The molecule has 5 N–H and O–H groups in total. The van der Waals surface area contributed by atoms with E-state index in [-0.39, 0.29) is 12.5 Å². The second kappa shape index (κ2) is 6.38. The zero-order valence-electron chi connectivity index (χ0n) is 11.3. The molecule has 1 amide bonds. The van der Waals surface area contributed by atoms with Gasteiger partial charge >= 0.3 is 0 Å². The van der Waals surface area contributed by atoms with Gasteiger partial charge in [-0.2, -0.15) is 5.10 Å². The van der Waals surface area contributed by atoms with E-state index in [1.54, 1.807) is 6.07 Å². The Morgan fingerprint density at radius 2 is 2.30 bits per heavy atom. The van der Waals surface area contributed by atoms with Gasteiger partial charge in [0.25, 0.3) is 0 Å². The summed E-state index contributed by atoms with van der Waals surface area (Å²) >= 11 is 1.43. The third kappa shape index (κ3) is 3.95. The molecular formula is C12H18N6OS. The largest absolute Gasteiger partial charge is 0.384 e. The standard InChI is InChI=1S/C12H18N6OS/c1-8-5-10(13)18(17-8)6-11(19)15-4-2-3-9-7-20-12(14)16-9/h5,7H,2-4,6,13H2,1H3,(H2,14,16)(H,15,19). The molecule has 0 atom stereocenters. The van der Waals surface area contributed by atoms with Gasteiger partial charge < -0.3 is 16.8 Å². The number of nitrogens with zero attached hydrogens (tertiary/aromatic N) is 3. The summed E-state index contributed by atoms with van der Waals surface area (Å²) in [5.41, 5.74) is 13.0. The molecule has 0 radical (unpaired) electrons. The lowest BCUT2D eigenvalue weighted by molar-refractivity contribution is -0.121. The van der Waals surface area contributed by atoms with Crippen LogP contribution >= 0.6 is 11.3 Å². The third-order valence-corrected chi connectivity index (χ3v) is 3.45. The van der Waals surface area contributed by atoms with Gasteiger partial charge in [-0.3, -0.25) is 4.79 Å². The van der Waals surface area contributed by atoms with E-state index in [0.717, 1.165) is 24.2 Å². The lowest BCUT2D eigenvalue weighted by Crippen LogP contribution is -2.29. The van der Waals surface area contributed by atoms with Crippen LogP contribution < -0.4 is 16.8 Å². The number of nitrogens with two attached hydrogens (primary N) is 2. The smallest absolute Gasteiger partial charge is 0.241 e. The Balaban J connectivity index is 1.69. The summed E-state index contributed by atoms with van der Waals surface area (Å²) in [5, 5.41) is 9.48.